The molecule has 0 aromatic rings. The van der Waals surface area contributed by atoms with Crippen molar-refractivity contribution < 1.29 is 14.7 Å². The average molecular weight is 259 g/mol. The SMILES string of the molecule is CCOC(C)(C)CNC(=O)C(C)(CC)C(N)=NO. The number of nitrogens with zero attached hydrogens (tertiary/aromatic N) is 1. The molecule has 0 bridgehead atoms. The van der Waals surface area contributed by atoms with E-state index in [4.69, 9.17) is 15.7 Å². The quantitative estimate of drug-likeness (QED) is 0.276. The molecular weight excluding hydrogens is 234 g/mol. The lowest BCUT2D eigenvalue weighted by molar-refractivity contribution is -0.128. The highest BCUT2D eigenvalue weighted by molar-refractivity contribution is 6.06. The van der Waals surface area contributed by atoms with Crippen molar-refractivity contribution in [3.8, 4) is 0 Å². The first-order chi connectivity index (χ1) is 8.23. The van der Waals surface area contributed by atoms with Gasteiger partial charge in [-0.1, -0.05) is 12.1 Å². The number of amides is 1. The van der Waals surface area contributed by atoms with Crippen LogP contribution in [0.25, 0.3) is 0 Å². The topological polar surface area (TPSA) is 96.9 Å². The first-order valence-corrected chi connectivity index (χ1v) is 6.13. The van der Waals surface area contributed by atoms with Crippen molar-refractivity contribution in [3.63, 3.8) is 0 Å². The molecule has 1 amide bonds. The molecule has 0 saturated heterocycles. The van der Waals surface area contributed by atoms with Gasteiger partial charge in [0.1, 0.15) is 5.41 Å². The molecule has 0 aliphatic heterocycles. The number of rotatable bonds is 7. The largest absolute Gasteiger partial charge is 0.409 e. The Morgan fingerprint density at radius 2 is 1.94 bits per heavy atom. The van der Waals surface area contributed by atoms with Crippen molar-refractivity contribution in [2.24, 2.45) is 16.3 Å². The third kappa shape index (κ3) is 4.18. The summed E-state index contributed by atoms with van der Waals surface area (Å²) in [4.78, 5) is 12.1. The van der Waals surface area contributed by atoms with Gasteiger partial charge in [-0.3, -0.25) is 4.79 Å². The van der Waals surface area contributed by atoms with Crippen LogP contribution in [0, 0.1) is 5.41 Å². The summed E-state index contributed by atoms with van der Waals surface area (Å²) >= 11 is 0. The number of oxime groups is 1. The zero-order valence-electron chi connectivity index (χ0n) is 11.9. The van der Waals surface area contributed by atoms with Gasteiger partial charge in [0.2, 0.25) is 5.91 Å². The van der Waals surface area contributed by atoms with Crippen LogP contribution >= 0.6 is 0 Å². The van der Waals surface area contributed by atoms with Crippen molar-refractivity contribution in [1.82, 2.24) is 5.32 Å². The van der Waals surface area contributed by atoms with Crippen LogP contribution in [0.1, 0.15) is 41.0 Å². The molecule has 0 saturated carbocycles. The monoisotopic (exact) mass is 259 g/mol. The number of hydrogen-bond acceptors (Lipinski definition) is 4. The molecule has 1 atom stereocenters. The predicted molar refractivity (Wildman–Crippen MR) is 70.5 cm³/mol. The molecular formula is C12H25N3O3. The minimum Gasteiger partial charge on any atom is -0.409 e. The van der Waals surface area contributed by atoms with E-state index in [0.717, 1.165) is 0 Å². The maximum Gasteiger partial charge on any atom is 0.233 e. The Morgan fingerprint density at radius 3 is 2.33 bits per heavy atom. The number of amidine groups is 1. The lowest BCUT2D eigenvalue weighted by atomic mass is 9.85. The minimum atomic E-state index is -1.00. The van der Waals surface area contributed by atoms with Crippen molar-refractivity contribution >= 4 is 11.7 Å². The highest BCUT2D eigenvalue weighted by Crippen LogP contribution is 2.22. The first kappa shape index (κ1) is 16.7. The molecule has 0 aliphatic rings. The van der Waals surface area contributed by atoms with E-state index in [1.807, 2.05) is 27.7 Å². The lowest BCUT2D eigenvalue weighted by Crippen LogP contribution is -2.51. The van der Waals surface area contributed by atoms with Crippen LogP contribution in [0.3, 0.4) is 0 Å². The van der Waals surface area contributed by atoms with Gasteiger partial charge in [-0.2, -0.15) is 0 Å². The zero-order chi connectivity index (χ0) is 14.4. The number of nitrogens with two attached hydrogens (primary N) is 1. The summed E-state index contributed by atoms with van der Waals surface area (Å²) in [6.45, 7) is 10.1. The van der Waals surface area contributed by atoms with Gasteiger partial charge < -0.3 is 21.0 Å². The molecule has 4 N–H and O–H groups in total. The van der Waals surface area contributed by atoms with Crippen molar-refractivity contribution in [1.29, 1.82) is 0 Å². The molecule has 6 heteroatoms. The molecule has 0 aromatic heterocycles. The third-order valence-electron chi connectivity index (χ3n) is 3.09. The van der Waals surface area contributed by atoms with E-state index in [9.17, 15) is 4.79 Å². The molecule has 1 unspecified atom stereocenters. The maximum absolute atomic E-state index is 12.1. The minimum absolute atomic E-state index is 0.0864. The van der Waals surface area contributed by atoms with Crippen LogP contribution in [-0.2, 0) is 9.53 Å². The van der Waals surface area contributed by atoms with Crippen molar-refractivity contribution in [3.05, 3.63) is 0 Å². The van der Waals surface area contributed by atoms with Crippen molar-refractivity contribution in [2.45, 2.75) is 46.6 Å². The Morgan fingerprint density at radius 1 is 1.39 bits per heavy atom. The Balaban J connectivity index is 4.66. The Kier molecular flexibility index (Phi) is 6.11. The van der Waals surface area contributed by atoms with E-state index in [1.165, 1.54) is 0 Å². The van der Waals surface area contributed by atoms with Crippen LogP contribution in [0.4, 0.5) is 0 Å². The summed E-state index contributed by atoms with van der Waals surface area (Å²) in [5.74, 6) is -0.357. The fraction of sp³-hybridized carbons (Fsp3) is 0.833. The zero-order valence-corrected chi connectivity index (χ0v) is 11.9. The molecule has 0 aliphatic carbocycles. The third-order valence-corrected chi connectivity index (χ3v) is 3.09. The Labute approximate surface area is 109 Å². The number of carbonyl (C=O) groups is 1. The van der Waals surface area contributed by atoms with E-state index in [0.29, 0.717) is 19.6 Å². The fourth-order valence-corrected chi connectivity index (χ4v) is 1.50. The normalized spacial score (nSPS) is 16.2. The van der Waals surface area contributed by atoms with Crippen LogP contribution < -0.4 is 11.1 Å². The summed E-state index contributed by atoms with van der Waals surface area (Å²) in [5.41, 5.74) is 4.13. The molecule has 0 heterocycles. The van der Waals surface area contributed by atoms with E-state index in [1.54, 1.807) is 6.92 Å². The van der Waals surface area contributed by atoms with E-state index in [-0.39, 0.29) is 11.7 Å². The van der Waals surface area contributed by atoms with Crippen LogP contribution in [-0.4, -0.2) is 35.7 Å². The molecule has 0 spiro atoms. The molecule has 18 heavy (non-hydrogen) atoms. The number of ether oxygens (including phenoxy) is 1. The summed E-state index contributed by atoms with van der Waals surface area (Å²) in [6.07, 6.45) is 0.448. The number of carbonyl (C=O) groups excluding carboxylic acids is 1. The van der Waals surface area contributed by atoms with Gasteiger partial charge in [-0.25, -0.2) is 0 Å². The second-order valence-corrected chi connectivity index (χ2v) is 5.05. The molecule has 0 radical (unpaired) electrons. The van der Waals surface area contributed by atoms with Crippen LogP contribution in [0.5, 0.6) is 0 Å². The second-order valence-electron chi connectivity index (χ2n) is 5.05. The predicted octanol–water partition coefficient (Wildman–Crippen LogP) is 1.08. The van der Waals surface area contributed by atoms with Gasteiger partial charge in [-0.15, -0.1) is 0 Å². The van der Waals surface area contributed by atoms with Crippen LogP contribution in [0.15, 0.2) is 5.16 Å². The molecule has 0 aromatic carbocycles. The fourth-order valence-electron chi connectivity index (χ4n) is 1.50. The molecule has 0 fully saturated rings. The van der Waals surface area contributed by atoms with Gasteiger partial charge in [0.05, 0.1) is 5.60 Å². The van der Waals surface area contributed by atoms with Crippen LogP contribution in [0.2, 0.25) is 0 Å². The highest BCUT2D eigenvalue weighted by atomic mass is 16.5. The van der Waals surface area contributed by atoms with Gasteiger partial charge in [-0.05, 0) is 34.1 Å². The molecule has 6 nitrogen and oxygen atoms in total. The van der Waals surface area contributed by atoms with Crippen molar-refractivity contribution in [2.75, 3.05) is 13.2 Å². The summed E-state index contributed by atoms with van der Waals surface area (Å²) < 4.78 is 5.49. The molecule has 106 valence electrons. The summed E-state index contributed by atoms with van der Waals surface area (Å²) in [6, 6.07) is 0. The maximum atomic E-state index is 12.1. The van der Waals surface area contributed by atoms with E-state index in [2.05, 4.69) is 10.5 Å². The number of nitrogens with one attached hydrogen (secondary N) is 1. The van der Waals surface area contributed by atoms with Gasteiger partial charge >= 0.3 is 0 Å². The summed E-state index contributed by atoms with van der Waals surface area (Å²) in [7, 11) is 0. The number of hydrogen-bond donors (Lipinski definition) is 3. The van der Waals surface area contributed by atoms with Gasteiger partial charge in [0.25, 0.3) is 0 Å². The first-order valence-electron chi connectivity index (χ1n) is 6.13. The highest BCUT2D eigenvalue weighted by Gasteiger charge is 2.37. The van der Waals surface area contributed by atoms with E-state index < -0.39 is 11.0 Å². The summed E-state index contributed by atoms with van der Waals surface area (Å²) in [5, 5.41) is 14.4. The Bertz CT molecular complexity index is 316. The average Bonchev–Trinajstić information content (AvgIpc) is 2.33. The molecule has 0 rings (SSSR count). The standard InChI is InChI=1S/C12H25N3O3/c1-6-12(5,9(13)15-17)10(16)14-8-11(3,4)18-7-2/h17H,6-8H2,1-5H3,(H2,13,15)(H,14,16). The van der Waals surface area contributed by atoms with E-state index >= 15 is 0 Å². The Hall–Kier alpha value is -1.30. The second kappa shape index (κ2) is 6.58. The van der Waals surface area contributed by atoms with Gasteiger partial charge in [0, 0.05) is 13.2 Å². The van der Waals surface area contributed by atoms with Gasteiger partial charge in [0.15, 0.2) is 5.84 Å². The smallest absolute Gasteiger partial charge is 0.233 e. The lowest BCUT2D eigenvalue weighted by Gasteiger charge is -2.29.